The monoisotopic (exact) mass is 261 g/mol. The fourth-order valence-electron chi connectivity index (χ4n) is 2.46. The maximum atomic E-state index is 11.5. The number of carbonyl (C=O) groups excluding carboxylic acids is 2. The molecule has 0 spiro atoms. The molecule has 0 aliphatic carbocycles. The fraction of sp³-hybridized carbons (Fsp3) is 0.429. The first-order valence-electron chi connectivity index (χ1n) is 6.49. The van der Waals surface area contributed by atoms with E-state index in [0.29, 0.717) is 0 Å². The van der Waals surface area contributed by atoms with Crippen LogP contribution in [0, 0.1) is 0 Å². The van der Waals surface area contributed by atoms with Gasteiger partial charge in [-0.05, 0) is 25.1 Å². The highest BCUT2D eigenvalue weighted by atomic mass is 16.2. The first kappa shape index (κ1) is 13.5. The Bertz CT molecular complexity index is 467. The van der Waals surface area contributed by atoms with Crippen molar-refractivity contribution >= 4 is 17.5 Å². The van der Waals surface area contributed by atoms with E-state index in [9.17, 15) is 9.59 Å². The van der Waals surface area contributed by atoms with E-state index in [1.54, 1.807) is 0 Å². The Balaban J connectivity index is 2.33. The predicted molar refractivity (Wildman–Crippen MR) is 73.9 cm³/mol. The molecule has 1 aromatic carbocycles. The molecule has 1 atom stereocenters. The molecule has 102 valence electrons. The van der Waals surface area contributed by atoms with Crippen LogP contribution in [0.1, 0.15) is 24.9 Å². The minimum Gasteiger partial charge on any atom is -0.353 e. The largest absolute Gasteiger partial charge is 0.353 e. The molecule has 2 N–H and O–H groups in total. The Morgan fingerprint density at radius 3 is 2.47 bits per heavy atom. The standard InChI is InChI=1S/C14H19N3O2/c1-3-11(15-2)10-6-4-5-7-12(10)17-8-13(18)16-14(19)9-17/h4-7,11,15H,3,8-9H2,1-2H3,(H,16,18,19). The predicted octanol–water partition coefficient (Wildman–Crippen LogP) is 0.820. The number of carbonyl (C=O) groups is 2. The van der Waals surface area contributed by atoms with E-state index in [2.05, 4.69) is 17.6 Å². The van der Waals surface area contributed by atoms with E-state index < -0.39 is 0 Å². The van der Waals surface area contributed by atoms with Gasteiger partial charge in [-0.25, -0.2) is 0 Å². The second-order valence-electron chi connectivity index (χ2n) is 4.64. The van der Waals surface area contributed by atoms with Crippen LogP contribution in [0.15, 0.2) is 24.3 Å². The molecule has 0 saturated carbocycles. The Labute approximate surface area is 113 Å². The Morgan fingerprint density at radius 2 is 1.89 bits per heavy atom. The molecule has 2 rings (SSSR count). The van der Waals surface area contributed by atoms with E-state index in [0.717, 1.165) is 17.7 Å². The molecule has 5 heteroatoms. The highest BCUT2D eigenvalue weighted by Crippen LogP contribution is 2.28. The fourth-order valence-corrected chi connectivity index (χ4v) is 2.46. The number of piperazine rings is 1. The number of nitrogens with zero attached hydrogens (tertiary/aromatic N) is 1. The summed E-state index contributed by atoms with van der Waals surface area (Å²) in [4.78, 5) is 24.8. The average molecular weight is 261 g/mol. The first-order chi connectivity index (χ1) is 9.15. The van der Waals surface area contributed by atoms with E-state index in [-0.39, 0.29) is 30.9 Å². The summed E-state index contributed by atoms with van der Waals surface area (Å²) < 4.78 is 0. The van der Waals surface area contributed by atoms with Crippen molar-refractivity contribution in [3.63, 3.8) is 0 Å². The molecule has 0 radical (unpaired) electrons. The van der Waals surface area contributed by atoms with Crippen LogP contribution in [0.5, 0.6) is 0 Å². The van der Waals surface area contributed by atoms with Crippen LogP contribution in [0.25, 0.3) is 0 Å². The Hall–Kier alpha value is -1.88. The number of hydrogen-bond donors (Lipinski definition) is 2. The molecule has 1 heterocycles. The van der Waals surface area contributed by atoms with Gasteiger partial charge in [-0.15, -0.1) is 0 Å². The lowest BCUT2D eigenvalue weighted by Gasteiger charge is -2.31. The van der Waals surface area contributed by atoms with Crippen LogP contribution in [0.3, 0.4) is 0 Å². The van der Waals surface area contributed by atoms with Gasteiger partial charge in [0.05, 0.1) is 13.1 Å². The summed E-state index contributed by atoms with van der Waals surface area (Å²) in [6, 6.07) is 8.12. The topological polar surface area (TPSA) is 61.4 Å². The molecule has 5 nitrogen and oxygen atoms in total. The van der Waals surface area contributed by atoms with Crippen LogP contribution >= 0.6 is 0 Å². The average Bonchev–Trinajstić information content (AvgIpc) is 2.39. The van der Waals surface area contributed by atoms with Crippen molar-refractivity contribution < 1.29 is 9.59 Å². The number of rotatable bonds is 4. The van der Waals surface area contributed by atoms with Crippen molar-refractivity contribution in [2.75, 3.05) is 25.0 Å². The summed E-state index contributed by atoms with van der Waals surface area (Å²) in [5, 5.41) is 5.58. The van der Waals surface area contributed by atoms with Gasteiger partial charge in [0.2, 0.25) is 11.8 Å². The summed E-state index contributed by atoms with van der Waals surface area (Å²) in [6.07, 6.45) is 0.946. The van der Waals surface area contributed by atoms with E-state index >= 15 is 0 Å². The van der Waals surface area contributed by atoms with Gasteiger partial charge >= 0.3 is 0 Å². The molecule has 0 bridgehead atoms. The number of imide groups is 1. The van der Waals surface area contributed by atoms with Gasteiger partial charge in [0.15, 0.2) is 0 Å². The number of anilines is 1. The smallest absolute Gasteiger partial charge is 0.246 e. The van der Waals surface area contributed by atoms with Gasteiger partial charge < -0.3 is 10.2 Å². The zero-order valence-electron chi connectivity index (χ0n) is 11.3. The summed E-state index contributed by atoms with van der Waals surface area (Å²) in [6.45, 7) is 2.55. The van der Waals surface area contributed by atoms with Crippen molar-refractivity contribution in [3.8, 4) is 0 Å². The molecule has 1 aliphatic rings. The molecule has 1 aromatic rings. The van der Waals surface area contributed by atoms with Gasteiger partial charge in [0.25, 0.3) is 0 Å². The molecule has 1 fully saturated rings. The lowest BCUT2D eigenvalue weighted by Crippen LogP contribution is -2.51. The van der Waals surface area contributed by atoms with Crippen molar-refractivity contribution in [2.45, 2.75) is 19.4 Å². The van der Waals surface area contributed by atoms with Gasteiger partial charge in [0, 0.05) is 11.7 Å². The number of hydrogen-bond acceptors (Lipinski definition) is 4. The molecule has 1 saturated heterocycles. The number of nitrogens with one attached hydrogen (secondary N) is 2. The quantitative estimate of drug-likeness (QED) is 0.788. The zero-order chi connectivity index (χ0) is 13.8. The maximum Gasteiger partial charge on any atom is 0.246 e. The molecule has 1 aliphatic heterocycles. The summed E-state index contributed by atoms with van der Waals surface area (Å²) in [7, 11) is 1.92. The Morgan fingerprint density at radius 1 is 1.26 bits per heavy atom. The van der Waals surface area contributed by atoms with E-state index in [1.165, 1.54) is 0 Å². The van der Waals surface area contributed by atoms with Gasteiger partial charge in [-0.2, -0.15) is 0 Å². The normalized spacial score (nSPS) is 17.3. The lowest BCUT2D eigenvalue weighted by atomic mass is 10.0. The summed E-state index contributed by atoms with van der Waals surface area (Å²) >= 11 is 0. The van der Waals surface area contributed by atoms with Crippen LogP contribution in [-0.4, -0.2) is 32.0 Å². The second kappa shape index (κ2) is 5.84. The highest BCUT2D eigenvalue weighted by Gasteiger charge is 2.25. The zero-order valence-corrected chi connectivity index (χ0v) is 11.3. The van der Waals surface area contributed by atoms with Crippen LogP contribution in [-0.2, 0) is 9.59 Å². The Kier molecular flexibility index (Phi) is 4.16. The highest BCUT2D eigenvalue weighted by molar-refractivity contribution is 6.02. The van der Waals surface area contributed by atoms with Gasteiger partial charge in [-0.3, -0.25) is 14.9 Å². The molecule has 1 unspecified atom stereocenters. The van der Waals surface area contributed by atoms with Crippen LogP contribution < -0.4 is 15.5 Å². The van der Waals surface area contributed by atoms with E-state index in [1.807, 2.05) is 36.2 Å². The van der Waals surface area contributed by atoms with Crippen molar-refractivity contribution in [3.05, 3.63) is 29.8 Å². The first-order valence-corrected chi connectivity index (χ1v) is 6.49. The summed E-state index contributed by atoms with van der Waals surface area (Å²) in [5.74, 6) is -0.493. The molecular formula is C14H19N3O2. The maximum absolute atomic E-state index is 11.5. The SMILES string of the molecule is CCC(NC)c1ccccc1N1CC(=O)NC(=O)C1. The van der Waals surface area contributed by atoms with E-state index in [4.69, 9.17) is 0 Å². The lowest BCUT2D eigenvalue weighted by molar-refractivity contribution is -0.130. The van der Waals surface area contributed by atoms with Crippen LogP contribution in [0.2, 0.25) is 0 Å². The molecule has 19 heavy (non-hydrogen) atoms. The number of para-hydroxylation sites is 1. The number of benzene rings is 1. The van der Waals surface area contributed by atoms with Gasteiger partial charge in [-0.1, -0.05) is 25.1 Å². The van der Waals surface area contributed by atoms with Crippen molar-refractivity contribution in [1.82, 2.24) is 10.6 Å². The number of amides is 2. The molecule has 0 aromatic heterocycles. The minimum absolute atomic E-state index is 0.219. The summed E-state index contributed by atoms with van der Waals surface area (Å²) in [5.41, 5.74) is 2.07. The van der Waals surface area contributed by atoms with Crippen LogP contribution in [0.4, 0.5) is 5.69 Å². The van der Waals surface area contributed by atoms with Crippen molar-refractivity contribution in [1.29, 1.82) is 0 Å². The molecule has 2 amide bonds. The third-order valence-corrected chi connectivity index (χ3v) is 3.36. The van der Waals surface area contributed by atoms with Crippen molar-refractivity contribution in [2.24, 2.45) is 0 Å². The van der Waals surface area contributed by atoms with Gasteiger partial charge in [0.1, 0.15) is 0 Å². The minimum atomic E-state index is -0.247. The third kappa shape index (κ3) is 2.93. The second-order valence-corrected chi connectivity index (χ2v) is 4.64. The molecular weight excluding hydrogens is 242 g/mol. The third-order valence-electron chi connectivity index (χ3n) is 3.36.